The lowest BCUT2D eigenvalue weighted by molar-refractivity contribution is 0.0691. The molecule has 0 amide bonds. The highest BCUT2D eigenvalue weighted by Crippen LogP contribution is 2.29. The maximum absolute atomic E-state index is 11.2. The predicted octanol–water partition coefficient (Wildman–Crippen LogP) is 2.93. The number of aromatic amines is 2. The van der Waals surface area contributed by atoms with Gasteiger partial charge >= 0.3 is 5.97 Å². The van der Waals surface area contributed by atoms with Crippen LogP contribution in [0.4, 0.5) is 0 Å². The van der Waals surface area contributed by atoms with Gasteiger partial charge in [0.05, 0.1) is 6.20 Å². The Balaban J connectivity index is 1.66. The smallest absolute Gasteiger partial charge is 0.358 e. The number of benzene rings is 2. The summed E-state index contributed by atoms with van der Waals surface area (Å²) in [6.45, 7) is 2.02. The first-order valence-electron chi connectivity index (χ1n) is 7.85. The molecule has 0 aliphatic carbocycles. The van der Waals surface area contributed by atoms with Crippen molar-refractivity contribution in [1.29, 1.82) is 0 Å². The van der Waals surface area contributed by atoms with E-state index in [1.165, 1.54) is 0 Å². The van der Waals surface area contributed by atoms with Gasteiger partial charge in [-0.15, -0.1) is 5.10 Å². The average molecular weight is 346 g/mol. The second-order valence-corrected chi connectivity index (χ2v) is 5.79. The third kappa shape index (κ3) is 2.73. The quantitative estimate of drug-likeness (QED) is 0.522. The topological polar surface area (TPSA) is 120 Å². The van der Waals surface area contributed by atoms with E-state index < -0.39 is 5.97 Å². The molecule has 128 valence electrons. The van der Waals surface area contributed by atoms with Crippen LogP contribution in [0.3, 0.4) is 0 Å². The number of hydrogen-bond donors (Lipinski definition) is 3. The van der Waals surface area contributed by atoms with E-state index in [4.69, 9.17) is 5.11 Å². The van der Waals surface area contributed by atoms with Crippen molar-refractivity contribution in [2.24, 2.45) is 0 Å². The first kappa shape index (κ1) is 15.7. The minimum Gasteiger partial charge on any atom is -0.476 e. The molecule has 8 heteroatoms. The van der Waals surface area contributed by atoms with Crippen molar-refractivity contribution in [2.45, 2.75) is 6.92 Å². The van der Waals surface area contributed by atoms with Crippen molar-refractivity contribution in [3.8, 4) is 33.6 Å². The number of carbonyl (C=O) groups is 1. The number of nitrogens with one attached hydrogen (secondary N) is 2. The minimum absolute atomic E-state index is 0.0921. The summed E-state index contributed by atoms with van der Waals surface area (Å²) in [6.07, 6.45) is 1.69. The van der Waals surface area contributed by atoms with Crippen LogP contribution in [-0.2, 0) is 0 Å². The Bertz CT molecular complexity index is 1070. The summed E-state index contributed by atoms with van der Waals surface area (Å²) in [5.41, 5.74) is 5.90. The molecule has 26 heavy (non-hydrogen) atoms. The number of aromatic carboxylic acids is 1. The molecule has 0 saturated heterocycles. The molecule has 2 heterocycles. The van der Waals surface area contributed by atoms with Crippen LogP contribution in [0.25, 0.3) is 33.6 Å². The van der Waals surface area contributed by atoms with E-state index >= 15 is 0 Å². The van der Waals surface area contributed by atoms with E-state index in [9.17, 15) is 4.79 Å². The van der Waals surface area contributed by atoms with Gasteiger partial charge in [0.15, 0.2) is 5.69 Å². The summed E-state index contributed by atoms with van der Waals surface area (Å²) in [7, 11) is 0. The Morgan fingerprint density at radius 1 is 0.923 bits per heavy atom. The van der Waals surface area contributed by atoms with E-state index in [1.54, 1.807) is 6.20 Å². The normalized spacial score (nSPS) is 10.8. The SMILES string of the molecule is Cc1cc(-c2ccc(-c3n[nH]nc3C(=O)O)cc2)ccc1-c1cn[nH]n1. The lowest BCUT2D eigenvalue weighted by Crippen LogP contribution is -1.99. The molecule has 0 aliphatic heterocycles. The molecule has 0 radical (unpaired) electrons. The fourth-order valence-corrected chi connectivity index (χ4v) is 2.86. The van der Waals surface area contributed by atoms with Crippen LogP contribution in [0.1, 0.15) is 16.1 Å². The van der Waals surface area contributed by atoms with Crippen LogP contribution in [0, 0.1) is 6.92 Å². The fraction of sp³-hybridized carbons (Fsp3) is 0.0556. The summed E-state index contributed by atoms with van der Waals surface area (Å²) in [5.74, 6) is -1.11. The molecule has 4 rings (SSSR count). The third-order valence-electron chi connectivity index (χ3n) is 4.16. The monoisotopic (exact) mass is 346 g/mol. The summed E-state index contributed by atoms with van der Waals surface area (Å²) >= 11 is 0. The third-order valence-corrected chi connectivity index (χ3v) is 4.16. The molecule has 0 fully saturated rings. The largest absolute Gasteiger partial charge is 0.476 e. The first-order chi connectivity index (χ1) is 12.6. The van der Waals surface area contributed by atoms with Crippen LogP contribution < -0.4 is 0 Å². The summed E-state index contributed by atoms with van der Waals surface area (Å²) < 4.78 is 0. The fourth-order valence-electron chi connectivity index (χ4n) is 2.86. The van der Waals surface area contributed by atoms with Gasteiger partial charge in [-0.3, -0.25) is 0 Å². The Kier molecular flexibility index (Phi) is 3.77. The number of nitrogens with zero attached hydrogens (tertiary/aromatic N) is 4. The number of carboxylic acid groups (broad SMARTS) is 1. The van der Waals surface area contributed by atoms with Gasteiger partial charge in [0, 0.05) is 11.1 Å². The van der Waals surface area contributed by atoms with Gasteiger partial charge in [-0.2, -0.15) is 25.7 Å². The molecular weight excluding hydrogens is 332 g/mol. The average Bonchev–Trinajstić information content (AvgIpc) is 3.33. The van der Waals surface area contributed by atoms with Crippen molar-refractivity contribution >= 4 is 5.97 Å². The number of rotatable bonds is 4. The highest BCUT2D eigenvalue weighted by Gasteiger charge is 2.16. The number of carboxylic acids is 1. The van der Waals surface area contributed by atoms with Crippen LogP contribution in [0.5, 0.6) is 0 Å². The van der Waals surface area contributed by atoms with Crippen molar-refractivity contribution in [3.63, 3.8) is 0 Å². The van der Waals surface area contributed by atoms with Crippen molar-refractivity contribution in [1.82, 2.24) is 30.8 Å². The lowest BCUT2D eigenvalue weighted by Gasteiger charge is -2.08. The molecule has 2 aromatic heterocycles. The summed E-state index contributed by atoms with van der Waals surface area (Å²) in [6, 6.07) is 13.6. The zero-order valence-corrected chi connectivity index (χ0v) is 13.8. The Morgan fingerprint density at radius 2 is 1.65 bits per heavy atom. The van der Waals surface area contributed by atoms with Crippen LogP contribution in [0.15, 0.2) is 48.7 Å². The van der Waals surface area contributed by atoms with Gasteiger partial charge < -0.3 is 5.11 Å². The van der Waals surface area contributed by atoms with Gasteiger partial charge in [0.25, 0.3) is 0 Å². The number of H-pyrrole nitrogens is 2. The Hall–Kier alpha value is -3.81. The Labute approximate surface area is 147 Å². The lowest BCUT2D eigenvalue weighted by atomic mass is 9.97. The van der Waals surface area contributed by atoms with Gasteiger partial charge in [-0.25, -0.2) is 4.79 Å². The molecule has 0 atom stereocenters. The van der Waals surface area contributed by atoms with Gasteiger partial charge in [-0.05, 0) is 23.6 Å². The molecule has 0 spiro atoms. The molecule has 4 aromatic rings. The van der Waals surface area contributed by atoms with Crippen LogP contribution in [-0.4, -0.2) is 41.9 Å². The van der Waals surface area contributed by atoms with E-state index in [-0.39, 0.29) is 5.69 Å². The maximum Gasteiger partial charge on any atom is 0.358 e. The first-order valence-corrected chi connectivity index (χ1v) is 7.85. The maximum atomic E-state index is 11.2. The van der Waals surface area contributed by atoms with E-state index in [0.29, 0.717) is 11.3 Å². The molecule has 0 bridgehead atoms. The number of aryl methyl sites for hydroxylation is 1. The van der Waals surface area contributed by atoms with Gasteiger partial charge in [0.2, 0.25) is 0 Å². The highest BCUT2D eigenvalue weighted by atomic mass is 16.4. The number of aromatic nitrogens is 6. The second-order valence-electron chi connectivity index (χ2n) is 5.79. The predicted molar refractivity (Wildman–Crippen MR) is 94.3 cm³/mol. The van der Waals surface area contributed by atoms with Crippen molar-refractivity contribution in [2.75, 3.05) is 0 Å². The van der Waals surface area contributed by atoms with Crippen LogP contribution >= 0.6 is 0 Å². The standard InChI is InChI=1S/C18H14N6O2/c1-10-8-13(6-7-14(10)15-9-19-23-20-15)11-2-4-12(5-3-11)16-17(18(25)26)22-24-21-16/h2-9H,1H3,(H,25,26)(H,19,20,23)(H,21,22,24). The minimum atomic E-state index is -1.11. The summed E-state index contributed by atoms with van der Waals surface area (Å²) in [4.78, 5) is 11.2. The van der Waals surface area contributed by atoms with E-state index in [0.717, 1.165) is 27.9 Å². The second kappa shape index (κ2) is 6.25. The molecule has 0 unspecified atom stereocenters. The highest BCUT2D eigenvalue weighted by molar-refractivity contribution is 5.92. The zero-order chi connectivity index (χ0) is 18.1. The Morgan fingerprint density at radius 3 is 2.31 bits per heavy atom. The molecule has 0 saturated carbocycles. The van der Waals surface area contributed by atoms with Crippen molar-refractivity contribution < 1.29 is 9.90 Å². The molecule has 8 nitrogen and oxygen atoms in total. The zero-order valence-electron chi connectivity index (χ0n) is 13.8. The molecule has 0 aliphatic rings. The van der Waals surface area contributed by atoms with E-state index in [2.05, 4.69) is 36.9 Å². The van der Waals surface area contributed by atoms with E-state index in [1.807, 2.05) is 43.3 Å². The molecule has 3 N–H and O–H groups in total. The molecular formula is C18H14N6O2. The van der Waals surface area contributed by atoms with Crippen molar-refractivity contribution in [3.05, 3.63) is 59.9 Å². The molecule has 2 aromatic carbocycles. The number of hydrogen-bond acceptors (Lipinski definition) is 5. The van der Waals surface area contributed by atoms with Gasteiger partial charge in [0.1, 0.15) is 11.4 Å². The summed E-state index contributed by atoms with van der Waals surface area (Å²) in [5, 5.41) is 29.7. The van der Waals surface area contributed by atoms with Crippen LogP contribution in [0.2, 0.25) is 0 Å². The van der Waals surface area contributed by atoms with Gasteiger partial charge in [-0.1, -0.05) is 42.5 Å².